The third-order valence-electron chi connectivity index (χ3n) is 4.58. The molecular formula is C19H25FN2O4. The van der Waals surface area contributed by atoms with E-state index in [1.807, 2.05) is 13.8 Å². The Morgan fingerprint density at radius 2 is 2.04 bits per heavy atom. The van der Waals surface area contributed by atoms with Crippen molar-refractivity contribution in [1.29, 1.82) is 0 Å². The van der Waals surface area contributed by atoms with Gasteiger partial charge in [-0.2, -0.15) is 0 Å². The maximum Gasteiger partial charge on any atom is 0.311 e. The molecule has 142 valence electrons. The molecule has 6 nitrogen and oxygen atoms in total. The third kappa shape index (κ3) is 4.59. The van der Waals surface area contributed by atoms with Crippen LogP contribution in [0.1, 0.15) is 50.4 Å². The summed E-state index contributed by atoms with van der Waals surface area (Å²) in [6, 6.07) is 3.89. The maximum atomic E-state index is 14.3. The van der Waals surface area contributed by atoms with Crippen LogP contribution in [0.25, 0.3) is 0 Å². The molecule has 1 unspecified atom stereocenters. The molecule has 2 rings (SSSR count). The number of aliphatic carboxylic acids is 1. The van der Waals surface area contributed by atoms with Gasteiger partial charge in [0.25, 0.3) is 5.91 Å². The van der Waals surface area contributed by atoms with E-state index in [0.717, 1.165) is 6.07 Å². The Kier molecular flexibility index (Phi) is 6.00. The fraction of sp³-hybridized carbons (Fsp3) is 0.526. The first-order valence-corrected chi connectivity index (χ1v) is 8.74. The molecule has 2 N–H and O–H groups in total. The Labute approximate surface area is 152 Å². The van der Waals surface area contributed by atoms with E-state index in [4.69, 9.17) is 0 Å². The normalized spacial score (nSPS) is 20.1. The molecule has 2 amide bonds. The summed E-state index contributed by atoms with van der Waals surface area (Å²) in [5.74, 6) is -2.17. The van der Waals surface area contributed by atoms with Gasteiger partial charge in [0.05, 0.1) is 11.1 Å². The minimum atomic E-state index is -0.989. The van der Waals surface area contributed by atoms with Gasteiger partial charge in [-0.05, 0) is 43.9 Å². The number of amides is 2. The van der Waals surface area contributed by atoms with E-state index in [2.05, 4.69) is 5.32 Å². The van der Waals surface area contributed by atoms with Crippen LogP contribution in [-0.2, 0) is 9.59 Å². The van der Waals surface area contributed by atoms with Crippen LogP contribution >= 0.6 is 0 Å². The second-order valence-electron chi connectivity index (χ2n) is 7.54. The van der Waals surface area contributed by atoms with E-state index in [0.29, 0.717) is 19.4 Å². The van der Waals surface area contributed by atoms with Crippen molar-refractivity contribution in [2.24, 2.45) is 11.3 Å². The molecule has 7 heteroatoms. The summed E-state index contributed by atoms with van der Waals surface area (Å²) in [5.41, 5.74) is -0.822. The fourth-order valence-electron chi connectivity index (χ4n) is 3.09. The number of anilines is 1. The number of piperidine rings is 1. The van der Waals surface area contributed by atoms with Gasteiger partial charge in [0.15, 0.2) is 0 Å². The SMILES string of the molecule is CC(C)CC(=O)Nc1ccc(C(=O)N2CCCC(C)(C(=O)O)C2)cc1F. The minimum absolute atomic E-state index is 0.0289. The summed E-state index contributed by atoms with van der Waals surface area (Å²) in [4.78, 5) is 37.3. The Balaban J connectivity index is 2.11. The van der Waals surface area contributed by atoms with Gasteiger partial charge < -0.3 is 15.3 Å². The first kappa shape index (κ1) is 19.9. The Hall–Kier alpha value is -2.44. The molecule has 0 bridgehead atoms. The zero-order valence-corrected chi connectivity index (χ0v) is 15.3. The lowest BCUT2D eigenvalue weighted by Crippen LogP contribution is -2.48. The van der Waals surface area contributed by atoms with Crippen LogP contribution in [-0.4, -0.2) is 40.9 Å². The van der Waals surface area contributed by atoms with Crippen LogP contribution < -0.4 is 5.32 Å². The van der Waals surface area contributed by atoms with E-state index in [1.165, 1.54) is 17.0 Å². The number of carboxylic acid groups (broad SMARTS) is 1. The van der Waals surface area contributed by atoms with Crippen LogP contribution in [0.5, 0.6) is 0 Å². The van der Waals surface area contributed by atoms with Crippen molar-refractivity contribution >= 4 is 23.5 Å². The number of hydrogen-bond donors (Lipinski definition) is 2. The van der Waals surface area contributed by atoms with Gasteiger partial charge in [-0.25, -0.2) is 4.39 Å². The molecule has 0 spiro atoms. The van der Waals surface area contributed by atoms with Gasteiger partial charge in [-0.3, -0.25) is 14.4 Å². The second-order valence-corrected chi connectivity index (χ2v) is 7.54. The zero-order chi connectivity index (χ0) is 19.5. The first-order valence-electron chi connectivity index (χ1n) is 8.74. The summed E-state index contributed by atoms with van der Waals surface area (Å²) in [6.07, 6.45) is 1.36. The van der Waals surface area contributed by atoms with Gasteiger partial charge in [0.1, 0.15) is 5.82 Å². The number of benzene rings is 1. The van der Waals surface area contributed by atoms with Gasteiger partial charge in [-0.15, -0.1) is 0 Å². The predicted molar refractivity (Wildman–Crippen MR) is 95.4 cm³/mol. The Bertz CT molecular complexity index is 719. The highest BCUT2D eigenvalue weighted by Gasteiger charge is 2.39. The number of carboxylic acids is 1. The highest BCUT2D eigenvalue weighted by molar-refractivity contribution is 5.96. The zero-order valence-electron chi connectivity index (χ0n) is 15.3. The monoisotopic (exact) mass is 364 g/mol. The highest BCUT2D eigenvalue weighted by atomic mass is 19.1. The van der Waals surface area contributed by atoms with Crippen LogP contribution in [0.15, 0.2) is 18.2 Å². The first-order chi connectivity index (χ1) is 12.1. The van der Waals surface area contributed by atoms with Crippen molar-refractivity contribution < 1.29 is 23.9 Å². The number of carbonyl (C=O) groups excluding carboxylic acids is 2. The highest BCUT2D eigenvalue weighted by Crippen LogP contribution is 2.30. The van der Waals surface area contributed by atoms with E-state index in [-0.39, 0.29) is 36.0 Å². The molecule has 26 heavy (non-hydrogen) atoms. The van der Waals surface area contributed by atoms with Crippen molar-refractivity contribution in [3.8, 4) is 0 Å². The molecule has 1 fully saturated rings. The molecule has 0 saturated carbocycles. The number of nitrogens with zero attached hydrogens (tertiary/aromatic N) is 1. The predicted octanol–water partition coefficient (Wildman–Crippen LogP) is 3.14. The van der Waals surface area contributed by atoms with Crippen molar-refractivity contribution in [2.45, 2.75) is 40.0 Å². The van der Waals surface area contributed by atoms with Crippen molar-refractivity contribution in [3.05, 3.63) is 29.6 Å². The van der Waals surface area contributed by atoms with E-state index in [9.17, 15) is 23.9 Å². The van der Waals surface area contributed by atoms with Gasteiger partial charge >= 0.3 is 5.97 Å². The third-order valence-corrected chi connectivity index (χ3v) is 4.58. The smallest absolute Gasteiger partial charge is 0.311 e. The summed E-state index contributed by atoms with van der Waals surface area (Å²) in [7, 11) is 0. The standard InChI is InChI=1S/C19H25FN2O4/c1-12(2)9-16(23)21-15-6-5-13(10-14(15)20)17(24)22-8-4-7-19(3,11-22)18(25)26/h5-6,10,12H,4,7-9,11H2,1-3H3,(H,21,23)(H,25,26). The largest absolute Gasteiger partial charge is 0.481 e. The van der Waals surface area contributed by atoms with Crippen molar-refractivity contribution in [3.63, 3.8) is 0 Å². The van der Waals surface area contributed by atoms with Gasteiger partial charge in [0.2, 0.25) is 5.91 Å². The minimum Gasteiger partial charge on any atom is -0.481 e. The van der Waals surface area contributed by atoms with Crippen LogP contribution in [0.4, 0.5) is 10.1 Å². The van der Waals surface area contributed by atoms with Crippen LogP contribution in [0.3, 0.4) is 0 Å². The lowest BCUT2D eigenvalue weighted by molar-refractivity contribution is -0.150. The summed E-state index contributed by atoms with van der Waals surface area (Å²) in [6.45, 7) is 5.93. The van der Waals surface area contributed by atoms with Gasteiger partial charge in [0, 0.05) is 25.1 Å². The number of nitrogens with one attached hydrogen (secondary N) is 1. The molecule has 1 aliphatic rings. The topological polar surface area (TPSA) is 86.7 Å². The number of likely N-dealkylation sites (tertiary alicyclic amines) is 1. The average molecular weight is 364 g/mol. The molecule has 0 aromatic heterocycles. The molecule has 1 heterocycles. The van der Waals surface area contributed by atoms with Crippen LogP contribution in [0.2, 0.25) is 0 Å². The summed E-state index contributed by atoms with van der Waals surface area (Å²) >= 11 is 0. The number of hydrogen-bond acceptors (Lipinski definition) is 3. The molecule has 1 saturated heterocycles. The van der Waals surface area contributed by atoms with E-state index < -0.39 is 23.1 Å². The number of halogens is 1. The molecule has 0 aliphatic carbocycles. The quantitative estimate of drug-likeness (QED) is 0.840. The number of carbonyl (C=O) groups is 3. The number of rotatable bonds is 5. The maximum absolute atomic E-state index is 14.3. The van der Waals surface area contributed by atoms with Gasteiger partial charge in [-0.1, -0.05) is 13.8 Å². The fourth-order valence-corrected chi connectivity index (χ4v) is 3.09. The summed E-state index contributed by atoms with van der Waals surface area (Å²) < 4.78 is 14.3. The lowest BCUT2D eigenvalue weighted by atomic mass is 9.82. The molecular weight excluding hydrogens is 339 g/mol. The van der Waals surface area contributed by atoms with E-state index >= 15 is 0 Å². The molecule has 1 atom stereocenters. The van der Waals surface area contributed by atoms with Crippen molar-refractivity contribution in [1.82, 2.24) is 4.90 Å². The lowest BCUT2D eigenvalue weighted by Gasteiger charge is -2.37. The Morgan fingerprint density at radius 3 is 2.62 bits per heavy atom. The Morgan fingerprint density at radius 1 is 1.35 bits per heavy atom. The van der Waals surface area contributed by atoms with E-state index in [1.54, 1.807) is 6.92 Å². The molecule has 0 radical (unpaired) electrons. The summed E-state index contributed by atoms with van der Waals surface area (Å²) in [5, 5.41) is 11.9. The van der Waals surface area contributed by atoms with Crippen molar-refractivity contribution in [2.75, 3.05) is 18.4 Å². The second kappa shape index (κ2) is 7.85. The average Bonchev–Trinajstić information content (AvgIpc) is 2.55. The molecule has 1 aromatic rings. The molecule has 1 aromatic carbocycles. The molecule has 1 aliphatic heterocycles. The van der Waals surface area contributed by atoms with Crippen LogP contribution in [0, 0.1) is 17.2 Å².